The first-order valence-corrected chi connectivity index (χ1v) is 6.62. The van der Waals surface area contributed by atoms with Gasteiger partial charge in [-0.2, -0.15) is 5.10 Å². The largest absolute Gasteiger partial charge is 0.381 e. The van der Waals surface area contributed by atoms with Crippen LogP contribution in [0.4, 0.5) is 10.1 Å². The number of halogens is 2. The van der Waals surface area contributed by atoms with E-state index in [-0.39, 0.29) is 5.82 Å². The number of hydrogen-bond acceptors (Lipinski definition) is 2. The lowest BCUT2D eigenvalue weighted by atomic mass is 10.2. The van der Waals surface area contributed by atoms with Crippen LogP contribution < -0.4 is 5.32 Å². The number of fused-ring (bicyclic) bond motifs is 1. The zero-order valence-electron chi connectivity index (χ0n) is 9.95. The lowest BCUT2D eigenvalue weighted by molar-refractivity contribution is 0.620. The highest BCUT2D eigenvalue weighted by Gasteiger charge is 2.01. The second kappa shape index (κ2) is 5.01. The quantitative estimate of drug-likeness (QED) is 0.763. The lowest BCUT2D eigenvalue weighted by Gasteiger charge is -2.07. The number of aromatic nitrogens is 2. The van der Waals surface area contributed by atoms with Crippen LogP contribution in [-0.4, -0.2) is 10.2 Å². The molecule has 19 heavy (non-hydrogen) atoms. The van der Waals surface area contributed by atoms with Gasteiger partial charge in [-0.1, -0.05) is 6.07 Å². The molecule has 0 fully saturated rings. The summed E-state index contributed by atoms with van der Waals surface area (Å²) in [5.74, 6) is -0.248. The Morgan fingerprint density at radius 2 is 2.11 bits per heavy atom. The number of nitrogens with one attached hydrogen (secondary N) is 2. The number of nitrogens with zero attached hydrogens (tertiary/aromatic N) is 1. The first-order valence-electron chi connectivity index (χ1n) is 5.83. The fraction of sp³-hybridized carbons (Fsp3) is 0.0714. The fourth-order valence-corrected chi connectivity index (χ4v) is 2.33. The second-order valence-corrected chi connectivity index (χ2v) is 5.13. The van der Waals surface area contributed by atoms with Gasteiger partial charge in [0.1, 0.15) is 5.82 Å². The topological polar surface area (TPSA) is 40.7 Å². The van der Waals surface area contributed by atoms with E-state index in [0.29, 0.717) is 11.0 Å². The van der Waals surface area contributed by atoms with Crippen molar-refractivity contribution in [2.75, 3.05) is 5.32 Å². The molecule has 0 aliphatic heterocycles. The summed E-state index contributed by atoms with van der Waals surface area (Å²) in [6.07, 6.45) is 1.79. The smallest absolute Gasteiger partial charge is 0.137 e. The zero-order chi connectivity index (χ0) is 13.2. The predicted octanol–water partition coefficient (Wildman–Crippen LogP) is 4.08. The summed E-state index contributed by atoms with van der Waals surface area (Å²) in [5, 5.41) is 11.3. The first kappa shape index (κ1) is 12.2. The Morgan fingerprint density at radius 1 is 1.21 bits per heavy atom. The lowest BCUT2D eigenvalue weighted by Crippen LogP contribution is -1.99. The van der Waals surface area contributed by atoms with Gasteiger partial charge in [0, 0.05) is 17.6 Å². The van der Waals surface area contributed by atoms with E-state index in [2.05, 4.69) is 31.4 Å². The van der Waals surface area contributed by atoms with E-state index in [4.69, 9.17) is 0 Å². The molecule has 1 heterocycles. The first-order chi connectivity index (χ1) is 9.22. The van der Waals surface area contributed by atoms with E-state index < -0.39 is 0 Å². The van der Waals surface area contributed by atoms with Crippen LogP contribution in [0.15, 0.2) is 47.1 Å². The van der Waals surface area contributed by atoms with Gasteiger partial charge in [0.05, 0.1) is 16.2 Å². The molecule has 5 heteroatoms. The maximum atomic E-state index is 13.1. The minimum atomic E-state index is -0.248. The van der Waals surface area contributed by atoms with E-state index in [9.17, 15) is 4.39 Å². The molecule has 0 saturated carbocycles. The van der Waals surface area contributed by atoms with E-state index in [1.54, 1.807) is 18.3 Å². The van der Waals surface area contributed by atoms with Crippen LogP contribution in [-0.2, 0) is 6.54 Å². The third-order valence-corrected chi connectivity index (χ3v) is 3.53. The van der Waals surface area contributed by atoms with Crippen molar-refractivity contribution in [3.63, 3.8) is 0 Å². The van der Waals surface area contributed by atoms with Crippen molar-refractivity contribution in [2.45, 2.75) is 6.54 Å². The van der Waals surface area contributed by atoms with Crippen molar-refractivity contribution in [3.05, 3.63) is 58.4 Å². The molecule has 3 rings (SSSR count). The molecule has 96 valence electrons. The Bertz CT molecular complexity index is 724. The molecule has 0 spiro atoms. The van der Waals surface area contributed by atoms with Gasteiger partial charge < -0.3 is 5.32 Å². The minimum absolute atomic E-state index is 0.248. The Kier molecular flexibility index (Phi) is 3.21. The molecule has 3 nitrogen and oxygen atoms in total. The van der Waals surface area contributed by atoms with Crippen molar-refractivity contribution in [1.82, 2.24) is 10.2 Å². The Morgan fingerprint density at radius 3 is 2.95 bits per heavy atom. The molecular weight excluding hydrogens is 309 g/mol. The Hall–Kier alpha value is -1.88. The summed E-state index contributed by atoms with van der Waals surface area (Å²) < 4.78 is 13.6. The van der Waals surface area contributed by atoms with Crippen LogP contribution in [0.3, 0.4) is 0 Å². The molecule has 0 bridgehead atoms. The molecule has 0 atom stereocenters. The van der Waals surface area contributed by atoms with E-state index in [1.807, 2.05) is 18.2 Å². The average molecular weight is 320 g/mol. The van der Waals surface area contributed by atoms with Gasteiger partial charge in [0.25, 0.3) is 0 Å². The maximum absolute atomic E-state index is 13.1. The summed E-state index contributed by atoms with van der Waals surface area (Å²) in [6, 6.07) is 11.0. The van der Waals surface area contributed by atoms with E-state index in [1.165, 1.54) is 6.07 Å². The molecule has 2 aromatic carbocycles. The van der Waals surface area contributed by atoms with Gasteiger partial charge in [-0.25, -0.2) is 4.39 Å². The molecule has 0 radical (unpaired) electrons. The fourth-order valence-electron chi connectivity index (χ4n) is 1.90. The summed E-state index contributed by atoms with van der Waals surface area (Å²) in [5.41, 5.74) is 3.00. The number of benzene rings is 2. The van der Waals surface area contributed by atoms with Crippen LogP contribution >= 0.6 is 15.9 Å². The van der Waals surface area contributed by atoms with Crippen LogP contribution in [0, 0.1) is 5.82 Å². The van der Waals surface area contributed by atoms with Gasteiger partial charge in [-0.15, -0.1) is 0 Å². The number of H-pyrrole nitrogens is 1. The highest BCUT2D eigenvalue weighted by Crippen LogP contribution is 2.19. The molecule has 0 saturated heterocycles. The SMILES string of the molecule is Fc1ccc(CNc2ccc3cn[nH]c3c2)cc1Br. The normalized spacial score (nSPS) is 10.8. The third-order valence-electron chi connectivity index (χ3n) is 2.92. The summed E-state index contributed by atoms with van der Waals surface area (Å²) in [4.78, 5) is 0. The summed E-state index contributed by atoms with van der Waals surface area (Å²) in [6.45, 7) is 0.637. The van der Waals surface area contributed by atoms with Gasteiger partial charge in [-0.05, 0) is 51.8 Å². The summed E-state index contributed by atoms with van der Waals surface area (Å²) >= 11 is 3.18. The van der Waals surface area contributed by atoms with Crippen LogP contribution in [0.1, 0.15) is 5.56 Å². The van der Waals surface area contributed by atoms with Crippen molar-refractivity contribution >= 4 is 32.5 Å². The van der Waals surface area contributed by atoms with E-state index in [0.717, 1.165) is 22.2 Å². The zero-order valence-corrected chi connectivity index (χ0v) is 11.5. The van der Waals surface area contributed by atoms with Gasteiger partial charge in [-0.3, -0.25) is 5.10 Å². The molecule has 0 unspecified atom stereocenters. The second-order valence-electron chi connectivity index (χ2n) is 4.27. The predicted molar refractivity (Wildman–Crippen MR) is 77.5 cm³/mol. The van der Waals surface area contributed by atoms with Crippen molar-refractivity contribution in [2.24, 2.45) is 0 Å². The number of anilines is 1. The number of aromatic amines is 1. The molecule has 1 aromatic heterocycles. The van der Waals surface area contributed by atoms with Crippen molar-refractivity contribution < 1.29 is 4.39 Å². The highest BCUT2D eigenvalue weighted by atomic mass is 79.9. The Balaban J connectivity index is 1.75. The minimum Gasteiger partial charge on any atom is -0.381 e. The Labute approximate surface area is 118 Å². The monoisotopic (exact) mass is 319 g/mol. The molecule has 0 aliphatic carbocycles. The van der Waals surface area contributed by atoms with Crippen LogP contribution in [0.25, 0.3) is 10.9 Å². The highest BCUT2D eigenvalue weighted by molar-refractivity contribution is 9.10. The standard InChI is InChI=1S/C14H11BrFN3/c15-12-5-9(1-4-13(12)16)7-17-11-3-2-10-8-18-19-14(10)6-11/h1-6,8,17H,7H2,(H,18,19). The third kappa shape index (κ3) is 2.61. The molecular formula is C14H11BrFN3. The number of hydrogen-bond donors (Lipinski definition) is 2. The van der Waals surface area contributed by atoms with Crippen molar-refractivity contribution in [3.8, 4) is 0 Å². The maximum Gasteiger partial charge on any atom is 0.137 e. The molecule has 3 aromatic rings. The molecule has 0 amide bonds. The van der Waals surface area contributed by atoms with Crippen LogP contribution in [0.2, 0.25) is 0 Å². The number of rotatable bonds is 3. The van der Waals surface area contributed by atoms with Crippen molar-refractivity contribution in [1.29, 1.82) is 0 Å². The van der Waals surface area contributed by atoms with Gasteiger partial charge in [0.15, 0.2) is 0 Å². The van der Waals surface area contributed by atoms with Gasteiger partial charge >= 0.3 is 0 Å². The van der Waals surface area contributed by atoms with Gasteiger partial charge in [0.2, 0.25) is 0 Å². The summed E-state index contributed by atoms with van der Waals surface area (Å²) in [7, 11) is 0. The van der Waals surface area contributed by atoms with Crippen LogP contribution in [0.5, 0.6) is 0 Å². The molecule has 0 aliphatic rings. The molecule has 2 N–H and O–H groups in total. The average Bonchev–Trinajstić information content (AvgIpc) is 2.87. The van der Waals surface area contributed by atoms with E-state index >= 15 is 0 Å².